The van der Waals surface area contributed by atoms with Crippen LogP contribution in [0.4, 0.5) is 4.79 Å². The van der Waals surface area contributed by atoms with Crippen molar-refractivity contribution in [1.29, 1.82) is 0 Å². The van der Waals surface area contributed by atoms with Crippen molar-refractivity contribution in [3.63, 3.8) is 0 Å². The Morgan fingerprint density at radius 2 is 2.46 bits per heavy atom. The molecule has 0 aromatic carbocycles. The van der Waals surface area contributed by atoms with Gasteiger partial charge in [0.1, 0.15) is 0 Å². The third kappa shape index (κ3) is 3.22. The van der Waals surface area contributed by atoms with Gasteiger partial charge in [0, 0.05) is 19.6 Å². The van der Waals surface area contributed by atoms with Crippen LogP contribution in [0.5, 0.6) is 0 Å². The highest BCUT2D eigenvalue weighted by molar-refractivity contribution is 5.74. The molecule has 0 aliphatic carbocycles. The molecule has 0 saturated carbocycles. The van der Waals surface area contributed by atoms with Crippen molar-refractivity contribution in [3.05, 3.63) is 0 Å². The molecule has 1 saturated heterocycles. The zero-order valence-corrected chi connectivity index (χ0v) is 8.47. The number of rotatable bonds is 4. The highest BCUT2D eigenvalue weighted by atomic mass is 16.2. The first-order chi connectivity index (χ1) is 6.24. The van der Waals surface area contributed by atoms with Gasteiger partial charge in [-0.25, -0.2) is 4.79 Å². The minimum Gasteiger partial charge on any atom is -0.338 e. The molecule has 1 fully saturated rings. The van der Waals surface area contributed by atoms with Crippen molar-refractivity contribution >= 4 is 6.03 Å². The molecule has 1 heterocycles. The lowest BCUT2D eigenvalue weighted by molar-refractivity contribution is 0.177. The summed E-state index contributed by atoms with van der Waals surface area (Å²) in [5, 5.41) is 5.96. The standard InChI is InChI=1S/C9H19N3O/c1-8(6-10-2)7-12-5-3-4-11-9(12)13/h8,10H,3-7H2,1-2H3,(H,11,13). The van der Waals surface area contributed by atoms with Gasteiger partial charge in [0.25, 0.3) is 0 Å². The van der Waals surface area contributed by atoms with E-state index < -0.39 is 0 Å². The number of nitrogens with zero attached hydrogens (tertiary/aromatic N) is 1. The van der Waals surface area contributed by atoms with Gasteiger partial charge in [0.15, 0.2) is 0 Å². The summed E-state index contributed by atoms with van der Waals surface area (Å²) in [7, 11) is 1.94. The maximum atomic E-state index is 11.3. The number of amides is 2. The molecule has 13 heavy (non-hydrogen) atoms. The Kier molecular flexibility index (Phi) is 4.02. The number of carbonyl (C=O) groups excluding carboxylic acids is 1. The Morgan fingerprint density at radius 1 is 1.69 bits per heavy atom. The van der Waals surface area contributed by atoms with Crippen LogP contribution in [0, 0.1) is 5.92 Å². The summed E-state index contributed by atoms with van der Waals surface area (Å²) in [6.45, 7) is 5.70. The third-order valence-corrected chi connectivity index (χ3v) is 2.25. The SMILES string of the molecule is CNCC(C)CN1CCCNC1=O. The zero-order chi connectivity index (χ0) is 9.68. The predicted molar refractivity (Wildman–Crippen MR) is 52.7 cm³/mol. The summed E-state index contributed by atoms with van der Waals surface area (Å²) in [4.78, 5) is 13.2. The van der Waals surface area contributed by atoms with Crippen LogP contribution in [-0.4, -0.2) is 44.2 Å². The maximum absolute atomic E-state index is 11.3. The van der Waals surface area contributed by atoms with E-state index in [-0.39, 0.29) is 6.03 Å². The largest absolute Gasteiger partial charge is 0.338 e. The number of nitrogens with one attached hydrogen (secondary N) is 2. The summed E-state index contributed by atoms with van der Waals surface area (Å²) >= 11 is 0. The first-order valence-corrected chi connectivity index (χ1v) is 4.91. The van der Waals surface area contributed by atoms with Gasteiger partial charge >= 0.3 is 6.03 Å². The molecule has 1 rings (SSSR count). The quantitative estimate of drug-likeness (QED) is 0.659. The van der Waals surface area contributed by atoms with Gasteiger partial charge in [-0.05, 0) is 25.9 Å². The summed E-state index contributed by atoms with van der Waals surface area (Å²) in [5.41, 5.74) is 0. The van der Waals surface area contributed by atoms with Gasteiger partial charge in [-0.2, -0.15) is 0 Å². The molecular weight excluding hydrogens is 166 g/mol. The molecule has 1 aliphatic heterocycles. The highest BCUT2D eigenvalue weighted by Crippen LogP contribution is 2.03. The van der Waals surface area contributed by atoms with Gasteiger partial charge in [-0.3, -0.25) is 0 Å². The Morgan fingerprint density at radius 3 is 3.08 bits per heavy atom. The molecule has 0 radical (unpaired) electrons. The number of hydrogen-bond donors (Lipinski definition) is 2. The molecule has 0 spiro atoms. The average molecular weight is 185 g/mol. The van der Waals surface area contributed by atoms with Gasteiger partial charge in [0.05, 0.1) is 0 Å². The number of carbonyl (C=O) groups is 1. The lowest BCUT2D eigenvalue weighted by Gasteiger charge is -2.29. The number of hydrogen-bond acceptors (Lipinski definition) is 2. The summed E-state index contributed by atoms with van der Waals surface area (Å²) in [6.07, 6.45) is 1.07. The van der Waals surface area contributed by atoms with Crippen molar-refractivity contribution in [2.45, 2.75) is 13.3 Å². The Labute approximate surface area is 79.7 Å². The van der Waals surface area contributed by atoms with Gasteiger partial charge < -0.3 is 15.5 Å². The summed E-state index contributed by atoms with van der Waals surface area (Å²) < 4.78 is 0. The Bertz CT molecular complexity index is 172. The molecule has 4 heteroatoms. The van der Waals surface area contributed by atoms with Crippen LogP contribution in [0.15, 0.2) is 0 Å². The van der Waals surface area contributed by atoms with Crippen LogP contribution in [0.3, 0.4) is 0 Å². The minimum absolute atomic E-state index is 0.0919. The first-order valence-electron chi connectivity index (χ1n) is 4.91. The molecule has 76 valence electrons. The van der Waals surface area contributed by atoms with Crippen molar-refractivity contribution in [2.24, 2.45) is 5.92 Å². The lowest BCUT2D eigenvalue weighted by Crippen LogP contribution is -2.48. The molecule has 1 aliphatic rings. The van der Waals surface area contributed by atoms with Crippen molar-refractivity contribution in [2.75, 3.05) is 33.2 Å². The monoisotopic (exact) mass is 185 g/mol. The molecule has 1 unspecified atom stereocenters. The van der Waals surface area contributed by atoms with E-state index >= 15 is 0 Å². The van der Waals surface area contributed by atoms with Crippen molar-refractivity contribution < 1.29 is 4.79 Å². The molecule has 0 bridgehead atoms. The summed E-state index contributed by atoms with van der Waals surface area (Å²) in [6, 6.07) is 0.0919. The second-order valence-corrected chi connectivity index (χ2v) is 3.69. The van der Waals surface area contributed by atoms with E-state index in [1.165, 1.54) is 0 Å². The summed E-state index contributed by atoms with van der Waals surface area (Å²) in [5.74, 6) is 0.522. The molecule has 0 aromatic rings. The topological polar surface area (TPSA) is 44.4 Å². The highest BCUT2D eigenvalue weighted by Gasteiger charge is 2.18. The van der Waals surface area contributed by atoms with E-state index in [9.17, 15) is 4.79 Å². The fourth-order valence-electron chi connectivity index (χ4n) is 1.64. The molecule has 0 aromatic heterocycles. The van der Waals surface area contributed by atoms with E-state index in [0.717, 1.165) is 32.6 Å². The fourth-order valence-corrected chi connectivity index (χ4v) is 1.64. The number of urea groups is 1. The van der Waals surface area contributed by atoms with E-state index in [0.29, 0.717) is 5.92 Å². The van der Waals surface area contributed by atoms with Crippen LogP contribution in [0.2, 0.25) is 0 Å². The predicted octanol–water partition coefficient (Wildman–Crippen LogP) is 0.257. The zero-order valence-electron chi connectivity index (χ0n) is 8.47. The van der Waals surface area contributed by atoms with Crippen LogP contribution >= 0.6 is 0 Å². The van der Waals surface area contributed by atoms with E-state index in [4.69, 9.17) is 0 Å². The average Bonchev–Trinajstić information content (AvgIpc) is 2.09. The lowest BCUT2D eigenvalue weighted by atomic mass is 10.1. The normalized spacial score (nSPS) is 19.8. The van der Waals surface area contributed by atoms with Crippen LogP contribution < -0.4 is 10.6 Å². The second-order valence-electron chi connectivity index (χ2n) is 3.69. The molecule has 2 N–H and O–H groups in total. The van der Waals surface area contributed by atoms with Gasteiger partial charge in [0.2, 0.25) is 0 Å². The maximum Gasteiger partial charge on any atom is 0.317 e. The van der Waals surface area contributed by atoms with Crippen LogP contribution in [0.25, 0.3) is 0 Å². The van der Waals surface area contributed by atoms with Crippen LogP contribution in [0.1, 0.15) is 13.3 Å². The molecular formula is C9H19N3O. The molecule has 2 amide bonds. The fraction of sp³-hybridized carbons (Fsp3) is 0.889. The van der Waals surface area contributed by atoms with Crippen molar-refractivity contribution in [3.8, 4) is 0 Å². The second kappa shape index (κ2) is 5.07. The van der Waals surface area contributed by atoms with E-state index in [1.54, 1.807) is 0 Å². The third-order valence-electron chi connectivity index (χ3n) is 2.25. The van der Waals surface area contributed by atoms with E-state index in [1.807, 2.05) is 11.9 Å². The van der Waals surface area contributed by atoms with Gasteiger partial charge in [-0.15, -0.1) is 0 Å². The van der Waals surface area contributed by atoms with Gasteiger partial charge in [-0.1, -0.05) is 6.92 Å². The van der Waals surface area contributed by atoms with Crippen molar-refractivity contribution in [1.82, 2.24) is 15.5 Å². The molecule has 4 nitrogen and oxygen atoms in total. The minimum atomic E-state index is 0.0919. The Hall–Kier alpha value is -0.770. The smallest absolute Gasteiger partial charge is 0.317 e. The van der Waals surface area contributed by atoms with E-state index in [2.05, 4.69) is 17.6 Å². The first kappa shape index (κ1) is 10.3. The molecule has 1 atom stereocenters. The Balaban J connectivity index is 2.29. The van der Waals surface area contributed by atoms with Crippen LogP contribution in [-0.2, 0) is 0 Å².